The van der Waals surface area contributed by atoms with E-state index in [0.29, 0.717) is 0 Å². The second-order valence-electron chi connectivity index (χ2n) is 1.92. The predicted molar refractivity (Wildman–Crippen MR) is 58.9 cm³/mol. The van der Waals surface area contributed by atoms with Gasteiger partial charge in [-0.05, 0) is 0 Å². The molecule has 1 nitrogen and oxygen atoms in total. The second kappa shape index (κ2) is 5.36. The van der Waals surface area contributed by atoms with Crippen molar-refractivity contribution in [1.82, 2.24) is 0 Å². The summed E-state index contributed by atoms with van der Waals surface area (Å²) in [5.74, 6) is -0.363. The summed E-state index contributed by atoms with van der Waals surface area (Å²) in [5.41, 5.74) is 0. The number of hydrogen-bond donors (Lipinski definition) is 1. The van der Waals surface area contributed by atoms with Crippen LogP contribution >= 0.6 is 58.0 Å². The Morgan fingerprint density at radius 2 is 0.846 bits per heavy atom. The molecule has 0 spiro atoms. The summed E-state index contributed by atoms with van der Waals surface area (Å²) in [7, 11) is 0. The Morgan fingerprint density at radius 3 is 1.15 bits per heavy atom. The molecule has 0 amide bonds. The molecule has 0 saturated heterocycles. The molecule has 1 rings (SSSR count). The third-order valence-electron chi connectivity index (χ3n) is 1.19. The number of aromatic hydroxyl groups is 1. The fourth-order valence-electron chi connectivity index (χ4n) is 0.593. The summed E-state index contributed by atoms with van der Waals surface area (Å²) >= 11 is 27.9. The second-order valence-corrected chi connectivity index (χ2v) is 3.81. The molecule has 68 valence electrons. The largest absolute Gasteiger partial charge is 0.505 e. The predicted octanol–water partition coefficient (Wildman–Crippen LogP) is 4.28. The topological polar surface area (TPSA) is 20.2 Å². The van der Waals surface area contributed by atoms with Crippen LogP contribution in [0.15, 0.2) is 0 Å². The highest BCUT2D eigenvalue weighted by atomic mass is 35.5. The lowest BCUT2D eigenvalue weighted by Crippen LogP contribution is -1.78. The highest BCUT2D eigenvalue weighted by Gasteiger charge is 2.17. The zero-order chi connectivity index (χ0) is 9.46. The van der Waals surface area contributed by atoms with Crippen LogP contribution in [0.1, 0.15) is 0 Å². The normalized spacial score (nSPS) is 9.62. The van der Waals surface area contributed by atoms with Gasteiger partial charge in [0, 0.05) is 23.1 Å². The molecule has 0 aliphatic carbocycles. The van der Waals surface area contributed by atoms with E-state index in [1.54, 1.807) is 0 Å². The zero-order valence-corrected chi connectivity index (χ0v) is 11.2. The molecule has 0 bridgehead atoms. The van der Waals surface area contributed by atoms with E-state index in [4.69, 9.17) is 58.0 Å². The van der Waals surface area contributed by atoms with Gasteiger partial charge in [-0.2, -0.15) is 0 Å². The van der Waals surface area contributed by atoms with E-state index in [-0.39, 0.29) is 53.9 Å². The van der Waals surface area contributed by atoms with Crippen LogP contribution in [-0.4, -0.2) is 28.2 Å². The molecule has 0 saturated carbocycles. The minimum Gasteiger partial charge on any atom is -0.505 e. The van der Waals surface area contributed by atoms with Crippen molar-refractivity contribution in [3.8, 4) is 5.75 Å². The van der Waals surface area contributed by atoms with Gasteiger partial charge in [0.1, 0.15) is 10.0 Å². The van der Waals surface area contributed by atoms with Crippen molar-refractivity contribution < 1.29 is 5.11 Å². The van der Waals surface area contributed by atoms with Crippen molar-refractivity contribution in [2.45, 2.75) is 0 Å². The van der Waals surface area contributed by atoms with Crippen LogP contribution in [0, 0.1) is 0 Å². The van der Waals surface area contributed by atoms with Gasteiger partial charge < -0.3 is 5.11 Å². The van der Waals surface area contributed by atoms with Crippen LogP contribution in [0.2, 0.25) is 25.1 Å². The van der Waals surface area contributed by atoms with Crippen molar-refractivity contribution in [3.05, 3.63) is 25.1 Å². The molecule has 0 aliphatic heterocycles. The maximum atomic E-state index is 9.20. The Hall–Kier alpha value is 1.24. The van der Waals surface area contributed by atoms with Crippen LogP contribution in [0.25, 0.3) is 0 Å². The van der Waals surface area contributed by atoms with Crippen LogP contribution in [-0.2, 0) is 0 Å². The standard InChI is InChI=1S/C6HCl5O.Mg/c7-1-2(8)4(10)6(12)5(11)3(1)9;/h12H;. The first-order valence-corrected chi connectivity index (χ1v) is 4.56. The van der Waals surface area contributed by atoms with E-state index in [1.165, 1.54) is 0 Å². The van der Waals surface area contributed by atoms with Crippen molar-refractivity contribution >= 4 is 81.1 Å². The molecule has 0 unspecified atom stereocenters. The molecule has 0 heterocycles. The summed E-state index contributed by atoms with van der Waals surface area (Å²) in [6.45, 7) is 0. The highest BCUT2D eigenvalue weighted by Crippen LogP contribution is 2.47. The number of phenolic OH excluding ortho intramolecular Hbond substituents is 1. The van der Waals surface area contributed by atoms with E-state index in [1.807, 2.05) is 0 Å². The molecule has 0 aliphatic rings. The molecular formula is C6HCl5MgO. The summed E-state index contributed by atoms with van der Waals surface area (Å²) < 4.78 is 0. The van der Waals surface area contributed by atoms with Crippen molar-refractivity contribution in [2.75, 3.05) is 0 Å². The number of rotatable bonds is 0. The lowest BCUT2D eigenvalue weighted by atomic mass is 10.3. The fourth-order valence-corrected chi connectivity index (χ4v) is 1.72. The van der Waals surface area contributed by atoms with Crippen LogP contribution in [0.4, 0.5) is 0 Å². The molecule has 7 heteroatoms. The average molecular weight is 291 g/mol. The molecule has 1 aromatic carbocycles. The first kappa shape index (κ1) is 14.2. The summed E-state index contributed by atoms with van der Waals surface area (Å²) in [5, 5.41) is 9.01. The number of hydrogen-bond acceptors (Lipinski definition) is 1. The fraction of sp³-hybridized carbons (Fsp3) is 0. The maximum absolute atomic E-state index is 9.20. The summed E-state index contributed by atoms with van der Waals surface area (Å²) in [4.78, 5) is 0. The van der Waals surface area contributed by atoms with Gasteiger partial charge in [0.25, 0.3) is 0 Å². The number of phenols is 1. The van der Waals surface area contributed by atoms with Gasteiger partial charge in [-0.3, -0.25) is 0 Å². The SMILES string of the molecule is Oc1c(Cl)c(Cl)c(Cl)c(Cl)c1Cl.[Mg]. The van der Waals surface area contributed by atoms with E-state index >= 15 is 0 Å². The van der Waals surface area contributed by atoms with Gasteiger partial charge in [-0.1, -0.05) is 58.0 Å². The lowest BCUT2D eigenvalue weighted by Gasteiger charge is -2.06. The van der Waals surface area contributed by atoms with E-state index in [0.717, 1.165) is 0 Å². The monoisotopic (exact) mass is 288 g/mol. The number of benzene rings is 1. The zero-order valence-electron chi connectivity index (χ0n) is 6.04. The molecule has 2 radical (unpaired) electrons. The first-order valence-electron chi connectivity index (χ1n) is 2.67. The Kier molecular flexibility index (Phi) is 5.87. The molecule has 0 fully saturated rings. The van der Waals surface area contributed by atoms with Gasteiger partial charge in [-0.15, -0.1) is 0 Å². The smallest absolute Gasteiger partial charge is 0.155 e. The Labute approximate surface area is 116 Å². The first-order chi connectivity index (χ1) is 5.46. The summed E-state index contributed by atoms with van der Waals surface area (Å²) in [6, 6.07) is 0. The van der Waals surface area contributed by atoms with E-state index in [9.17, 15) is 5.11 Å². The molecule has 0 atom stereocenters. The van der Waals surface area contributed by atoms with Gasteiger partial charge >= 0.3 is 0 Å². The Bertz CT molecular complexity index is 235. The molecule has 1 N–H and O–H groups in total. The van der Waals surface area contributed by atoms with Crippen LogP contribution in [0.3, 0.4) is 0 Å². The van der Waals surface area contributed by atoms with Gasteiger partial charge in [-0.25, -0.2) is 0 Å². The average Bonchev–Trinajstić information content (AvgIpc) is 2.08. The van der Waals surface area contributed by atoms with Crippen LogP contribution < -0.4 is 0 Å². The highest BCUT2D eigenvalue weighted by molar-refractivity contribution is 6.55. The minimum absolute atomic E-state index is 0. The van der Waals surface area contributed by atoms with E-state index < -0.39 is 0 Å². The quantitative estimate of drug-likeness (QED) is 0.429. The molecule has 0 aromatic heterocycles. The van der Waals surface area contributed by atoms with Gasteiger partial charge in [0.2, 0.25) is 0 Å². The van der Waals surface area contributed by atoms with Gasteiger partial charge in [0.15, 0.2) is 5.75 Å². The number of halogens is 5. The van der Waals surface area contributed by atoms with Crippen molar-refractivity contribution in [2.24, 2.45) is 0 Å². The molecule has 13 heavy (non-hydrogen) atoms. The lowest BCUT2D eigenvalue weighted by molar-refractivity contribution is 0.476. The third-order valence-corrected chi connectivity index (χ3v) is 3.44. The van der Waals surface area contributed by atoms with Gasteiger partial charge in [0.05, 0.1) is 15.1 Å². The minimum atomic E-state index is -0.363. The third kappa shape index (κ3) is 2.62. The molecular weight excluding hydrogens is 290 g/mol. The summed E-state index contributed by atoms with van der Waals surface area (Å²) in [6.07, 6.45) is 0. The van der Waals surface area contributed by atoms with E-state index in [2.05, 4.69) is 0 Å². The van der Waals surface area contributed by atoms with Crippen LogP contribution in [0.5, 0.6) is 5.75 Å². The van der Waals surface area contributed by atoms with Crippen molar-refractivity contribution in [1.29, 1.82) is 0 Å². The maximum Gasteiger partial charge on any atom is 0.155 e. The Balaban J connectivity index is 0.00000144. The molecule has 1 aromatic rings. The Morgan fingerprint density at radius 1 is 0.615 bits per heavy atom. The van der Waals surface area contributed by atoms with Crippen molar-refractivity contribution in [3.63, 3.8) is 0 Å².